The van der Waals surface area contributed by atoms with Crippen LogP contribution in [0.3, 0.4) is 0 Å². The zero-order chi connectivity index (χ0) is 19.7. The van der Waals surface area contributed by atoms with Crippen LogP contribution in [0.1, 0.15) is 11.1 Å². The van der Waals surface area contributed by atoms with E-state index < -0.39 is 0 Å². The van der Waals surface area contributed by atoms with E-state index in [0.29, 0.717) is 23.6 Å². The molecule has 2 aromatic rings. The summed E-state index contributed by atoms with van der Waals surface area (Å²) in [6.45, 7) is 2.27. The highest BCUT2D eigenvalue weighted by Gasteiger charge is 2.24. The van der Waals surface area contributed by atoms with Crippen molar-refractivity contribution in [2.75, 3.05) is 14.2 Å². The number of aromatic nitrogens is 1. The van der Waals surface area contributed by atoms with Gasteiger partial charge in [0.25, 0.3) is 0 Å². The lowest BCUT2D eigenvalue weighted by molar-refractivity contribution is 0.306. The summed E-state index contributed by atoms with van der Waals surface area (Å²) in [6.07, 6.45) is 0. The van der Waals surface area contributed by atoms with Gasteiger partial charge in [0.15, 0.2) is 5.75 Å². The van der Waals surface area contributed by atoms with Gasteiger partial charge in [-0.25, -0.2) is 4.98 Å². The van der Waals surface area contributed by atoms with Gasteiger partial charge in [0.2, 0.25) is 11.2 Å². The molecule has 0 atom stereocenters. The molecule has 0 fully saturated rings. The molecule has 0 saturated carbocycles. The number of ether oxygens (including phenoxy) is 3. The molecule has 5 nitrogen and oxygen atoms in total. The van der Waals surface area contributed by atoms with Crippen LogP contribution in [0.15, 0.2) is 53.3 Å². The Hall–Kier alpha value is -3.12. The van der Waals surface area contributed by atoms with Crippen LogP contribution in [0, 0.1) is 6.92 Å². The summed E-state index contributed by atoms with van der Waals surface area (Å²) in [5.74, 6) is 1.28. The summed E-state index contributed by atoms with van der Waals surface area (Å²) in [5, 5.41) is 0. The molecule has 28 heavy (non-hydrogen) atoms. The summed E-state index contributed by atoms with van der Waals surface area (Å²) < 4.78 is 17.6. The highest BCUT2D eigenvalue weighted by atomic mass is 32.1. The number of benzene rings is 3. The molecule has 2 aromatic carbocycles. The van der Waals surface area contributed by atoms with Crippen LogP contribution in [-0.4, -0.2) is 19.2 Å². The minimum atomic E-state index is -0.174. The van der Waals surface area contributed by atoms with Gasteiger partial charge < -0.3 is 14.2 Å². The van der Waals surface area contributed by atoms with Gasteiger partial charge in [-0.3, -0.25) is 4.79 Å². The molecule has 0 radical (unpaired) electrons. The van der Waals surface area contributed by atoms with Crippen LogP contribution < -0.4 is 19.6 Å². The zero-order valence-electron chi connectivity index (χ0n) is 15.8. The maximum Gasteiger partial charge on any atom is 0.228 e. The maximum absolute atomic E-state index is 12.6. The van der Waals surface area contributed by atoms with Crippen molar-refractivity contribution in [1.29, 1.82) is 0 Å². The molecule has 0 aromatic heterocycles. The third-order valence-electron chi connectivity index (χ3n) is 4.56. The summed E-state index contributed by atoms with van der Waals surface area (Å²) >= 11 is 1.51. The van der Waals surface area contributed by atoms with E-state index in [2.05, 4.69) is 0 Å². The fourth-order valence-corrected chi connectivity index (χ4v) is 4.14. The second-order valence-electron chi connectivity index (χ2n) is 6.32. The van der Waals surface area contributed by atoms with Crippen molar-refractivity contribution < 1.29 is 14.2 Å². The molecule has 0 spiro atoms. The molecular formula is C22H19NO4S. The monoisotopic (exact) mass is 393 g/mol. The van der Waals surface area contributed by atoms with Gasteiger partial charge in [0.05, 0.1) is 29.3 Å². The Morgan fingerprint density at radius 3 is 2.46 bits per heavy atom. The van der Waals surface area contributed by atoms with Gasteiger partial charge in [-0.05, 0) is 24.6 Å². The standard InChI is InChI=1S/C22H19NO4S/c1-13-19(24)21(26-3)20(25-2)18-22(13)28-17-10-9-15(11-16(17)23-18)27-12-14-7-5-4-6-8-14/h4-11H,12H2,1-3H3. The number of methoxy groups -OCH3 is 2. The van der Waals surface area contributed by atoms with Crippen molar-refractivity contribution in [3.05, 3.63) is 69.9 Å². The highest BCUT2D eigenvalue weighted by Crippen LogP contribution is 2.42. The van der Waals surface area contributed by atoms with Crippen molar-refractivity contribution in [2.45, 2.75) is 13.5 Å². The summed E-state index contributed by atoms with van der Waals surface area (Å²) in [6, 6.07) is 15.8. The van der Waals surface area contributed by atoms with Crippen LogP contribution in [-0.2, 0) is 6.61 Å². The van der Waals surface area contributed by atoms with Gasteiger partial charge in [0, 0.05) is 11.6 Å². The number of fused-ring (bicyclic) bond motifs is 2. The van der Waals surface area contributed by atoms with Crippen LogP contribution in [0.4, 0.5) is 0 Å². The topological polar surface area (TPSA) is 57.7 Å². The lowest BCUT2D eigenvalue weighted by Crippen LogP contribution is -2.13. The predicted octanol–water partition coefficient (Wildman–Crippen LogP) is 4.67. The average molecular weight is 393 g/mol. The Kier molecular flexibility index (Phi) is 4.88. The highest BCUT2D eigenvalue weighted by molar-refractivity contribution is 7.21. The number of rotatable bonds is 5. The van der Waals surface area contributed by atoms with Crippen molar-refractivity contribution in [3.63, 3.8) is 0 Å². The van der Waals surface area contributed by atoms with E-state index in [1.807, 2.05) is 48.5 Å². The van der Waals surface area contributed by atoms with Gasteiger partial charge in [-0.1, -0.05) is 30.3 Å². The second kappa shape index (κ2) is 7.48. The van der Waals surface area contributed by atoms with E-state index in [1.165, 1.54) is 25.6 Å². The fourth-order valence-electron chi connectivity index (χ4n) is 3.10. The number of hydrogen-bond acceptors (Lipinski definition) is 6. The molecule has 0 bridgehead atoms. The Bertz CT molecular complexity index is 1170. The Labute approximate surface area is 166 Å². The first-order chi connectivity index (χ1) is 13.6. The van der Waals surface area contributed by atoms with E-state index in [9.17, 15) is 4.79 Å². The quantitative estimate of drug-likeness (QED) is 0.461. The fraction of sp³-hybridized carbons (Fsp3) is 0.182. The molecule has 0 saturated heterocycles. The maximum atomic E-state index is 12.6. The molecule has 4 rings (SSSR count). The van der Waals surface area contributed by atoms with Crippen LogP contribution in [0.25, 0.3) is 20.8 Å². The summed E-state index contributed by atoms with van der Waals surface area (Å²) in [5.41, 5.74) is 2.93. The minimum absolute atomic E-state index is 0.174. The average Bonchev–Trinajstić information content (AvgIpc) is 2.74. The zero-order valence-corrected chi connectivity index (χ0v) is 16.6. The third kappa shape index (κ3) is 3.16. The molecule has 2 aliphatic rings. The largest absolute Gasteiger partial charge is 0.491 e. The SMILES string of the molecule is COc1c2nc3cc(OCc4ccccc4)ccc3sc-2c(C)c(=O)c1OC. The number of hydrogen-bond donors (Lipinski definition) is 0. The lowest BCUT2D eigenvalue weighted by atomic mass is 10.1. The molecular weight excluding hydrogens is 374 g/mol. The van der Waals surface area contributed by atoms with Crippen molar-refractivity contribution in [1.82, 2.24) is 4.98 Å². The van der Waals surface area contributed by atoms with E-state index >= 15 is 0 Å². The van der Waals surface area contributed by atoms with Gasteiger partial charge in [0.1, 0.15) is 18.1 Å². The van der Waals surface area contributed by atoms with Crippen LogP contribution in [0.2, 0.25) is 0 Å². The summed E-state index contributed by atoms with van der Waals surface area (Å²) in [7, 11) is 2.98. The lowest BCUT2D eigenvalue weighted by Gasteiger charge is -2.16. The molecule has 0 amide bonds. The van der Waals surface area contributed by atoms with Crippen molar-refractivity contribution in [2.24, 2.45) is 0 Å². The first kappa shape index (κ1) is 18.3. The molecule has 1 heterocycles. The van der Waals surface area contributed by atoms with Crippen LogP contribution in [0.5, 0.6) is 17.2 Å². The van der Waals surface area contributed by atoms with Crippen LogP contribution >= 0.6 is 11.3 Å². The summed E-state index contributed by atoms with van der Waals surface area (Å²) in [4.78, 5) is 18.1. The second-order valence-corrected chi connectivity index (χ2v) is 7.37. The van der Waals surface area contributed by atoms with Gasteiger partial charge in [-0.2, -0.15) is 0 Å². The van der Waals surface area contributed by atoms with E-state index in [0.717, 1.165) is 26.4 Å². The van der Waals surface area contributed by atoms with Gasteiger partial charge in [-0.15, -0.1) is 11.3 Å². The van der Waals surface area contributed by atoms with Crippen molar-refractivity contribution in [3.8, 4) is 27.8 Å². The van der Waals surface area contributed by atoms with Gasteiger partial charge >= 0.3 is 0 Å². The third-order valence-corrected chi connectivity index (χ3v) is 5.82. The molecule has 6 heteroatoms. The van der Waals surface area contributed by atoms with E-state index in [1.54, 1.807) is 6.92 Å². The first-order valence-electron chi connectivity index (χ1n) is 8.78. The Morgan fingerprint density at radius 1 is 1.00 bits per heavy atom. The minimum Gasteiger partial charge on any atom is -0.491 e. The predicted molar refractivity (Wildman–Crippen MR) is 111 cm³/mol. The number of nitrogens with zero attached hydrogens (tertiary/aromatic N) is 1. The van der Waals surface area contributed by atoms with E-state index in [4.69, 9.17) is 19.2 Å². The molecule has 1 aliphatic heterocycles. The molecule has 0 N–H and O–H groups in total. The van der Waals surface area contributed by atoms with Crippen molar-refractivity contribution >= 4 is 21.6 Å². The normalized spacial score (nSPS) is 11.0. The van der Waals surface area contributed by atoms with E-state index in [-0.39, 0.29) is 11.2 Å². The molecule has 142 valence electrons. The molecule has 1 aliphatic carbocycles. The molecule has 0 unspecified atom stereocenters. The Morgan fingerprint density at radius 2 is 1.75 bits per heavy atom. The Balaban J connectivity index is 1.81. The first-order valence-corrected chi connectivity index (χ1v) is 9.60. The smallest absolute Gasteiger partial charge is 0.228 e.